The molecule has 0 aromatic heterocycles. The van der Waals surface area contributed by atoms with E-state index in [9.17, 15) is 13.2 Å². The summed E-state index contributed by atoms with van der Waals surface area (Å²) in [7, 11) is -4.02. The fourth-order valence-electron chi connectivity index (χ4n) is 0.688. The van der Waals surface area contributed by atoms with E-state index < -0.39 is 22.3 Å². The Bertz CT molecular complexity index is 346. The molecule has 0 aliphatic rings. The van der Waals surface area contributed by atoms with Gasteiger partial charge in [0.15, 0.2) is 0 Å². The Morgan fingerprint density at radius 2 is 2.13 bits per heavy atom. The van der Waals surface area contributed by atoms with E-state index in [-0.39, 0.29) is 6.61 Å². The molecule has 0 bridgehead atoms. The summed E-state index contributed by atoms with van der Waals surface area (Å²) in [6.07, 6.45) is -0.766. The summed E-state index contributed by atoms with van der Waals surface area (Å²) < 4.78 is 30.3. The van der Waals surface area contributed by atoms with Crippen LogP contribution in [0.1, 0.15) is 20.3 Å². The normalized spacial score (nSPS) is 12.6. The van der Waals surface area contributed by atoms with Crippen LogP contribution in [0.4, 0.5) is 4.79 Å². The first-order valence-electron chi connectivity index (χ1n) is 4.31. The van der Waals surface area contributed by atoms with Gasteiger partial charge in [-0.2, -0.15) is 18.4 Å². The van der Waals surface area contributed by atoms with E-state index in [1.807, 2.05) is 4.72 Å². The van der Waals surface area contributed by atoms with Gasteiger partial charge in [0.05, 0.1) is 12.7 Å². The molecular formula is C7H13N3O4S. The van der Waals surface area contributed by atoms with Crippen LogP contribution in [0.2, 0.25) is 0 Å². The number of carbonyl (C=O) groups is 1. The van der Waals surface area contributed by atoms with Crippen molar-refractivity contribution in [1.82, 2.24) is 9.44 Å². The van der Waals surface area contributed by atoms with Crippen molar-refractivity contribution in [1.29, 1.82) is 5.26 Å². The largest absolute Gasteiger partial charge is 0.449 e. The van der Waals surface area contributed by atoms with Gasteiger partial charge in [-0.25, -0.2) is 9.52 Å². The second-order valence-electron chi connectivity index (χ2n) is 2.53. The van der Waals surface area contributed by atoms with Gasteiger partial charge in [0, 0.05) is 0 Å². The number of ether oxygens (including phenoxy) is 1. The predicted octanol–water partition coefficient (Wildman–Crippen LogP) is -0.131. The molecule has 7 nitrogen and oxygen atoms in total. The number of carbonyl (C=O) groups excluding carboxylic acids is 1. The summed E-state index contributed by atoms with van der Waals surface area (Å²) in [5.41, 5.74) is 0. The summed E-state index contributed by atoms with van der Waals surface area (Å²) in [5, 5.41) is 8.51. The van der Waals surface area contributed by atoms with E-state index in [0.717, 1.165) is 0 Å². The van der Waals surface area contributed by atoms with E-state index in [0.29, 0.717) is 6.42 Å². The zero-order chi connectivity index (χ0) is 11.9. The lowest BCUT2D eigenvalue weighted by Gasteiger charge is -2.10. The number of rotatable bonds is 5. The van der Waals surface area contributed by atoms with Gasteiger partial charge in [-0.05, 0) is 13.3 Å². The zero-order valence-electron chi connectivity index (χ0n) is 8.48. The number of hydrogen-bond acceptors (Lipinski definition) is 5. The number of amides is 1. The molecule has 1 atom stereocenters. The maximum atomic E-state index is 11.2. The monoisotopic (exact) mass is 235 g/mol. The van der Waals surface area contributed by atoms with Crippen molar-refractivity contribution in [2.45, 2.75) is 26.3 Å². The third-order valence-electron chi connectivity index (χ3n) is 1.35. The number of nitrogens with zero attached hydrogens (tertiary/aromatic N) is 1. The molecule has 1 unspecified atom stereocenters. The van der Waals surface area contributed by atoms with Crippen LogP contribution in [-0.4, -0.2) is 27.2 Å². The van der Waals surface area contributed by atoms with Gasteiger partial charge < -0.3 is 4.74 Å². The van der Waals surface area contributed by atoms with Crippen LogP contribution < -0.4 is 9.44 Å². The Morgan fingerprint density at radius 1 is 1.53 bits per heavy atom. The van der Waals surface area contributed by atoms with Crippen LogP contribution in [0.25, 0.3) is 0 Å². The Labute approximate surface area is 88.6 Å². The molecule has 0 radical (unpaired) electrons. The minimum Gasteiger partial charge on any atom is -0.449 e. The summed E-state index contributed by atoms with van der Waals surface area (Å²) in [5.74, 6) is 0. The first kappa shape index (κ1) is 13.7. The number of nitriles is 1. The molecule has 0 saturated heterocycles. The van der Waals surface area contributed by atoms with Gasteiger partial charge in [-0.1, -0.05) is 6.92 Å². The van der Waals surface area contributed by atoms with Gasteiger partial charge in [0.1, 0.15) is 6.04 Å². The maximum absolute atomic E-state index is 11.2. The second kappa shape index (κ2) is 6.21. The molecule has 0 fully saturated rings. The highest BCUT2D eigenvalue weighted by molar-refractivity contribution is 7.88. The Hall–Kier alpha value is -1.33. The summed E-state index contributed by atoms with van der Waals surface area (Å²) in [6, 6.07) is 0.867. The maximum Gasteiger partial charge on any atom is 0.421 e. The smallest absolute Gasteiger partial charge is 0.421 e. The fourth-order valence-corrected chi connectivity index (χ4v) is 1.62. The predicted molar refractivity (Wildman–Crippen MR) is 51.9 cm³/mol. The van der Waals surface area contributed by atoms with Crippen molar-refractivity contribution >= 4 is 16.3 Å². The van der Waals surface area contributed by atoms with Gasteiger partial charge >= 0.3 is 16.3 Å². The highest BCUT2D eigenvalue weighted by Gasteiger charge is 2.18. The minimum absolute atomic E-state index is 0.0663. The average molecular weight is 235 g/mol. The van der Waals surface area contributed by atoms with Crippen LogP contribution in [0.5, 0.6) is 0 Å². The van der Waals surface area contributed by atoms with Crippen molar-refractivity contribution in [2.75, 3.05) is 6.61 Å². The van der Waals surface area contributed by atoms with Crippen molar-refractivity contribution in [3.63, 3.8) is 0 Å². The molecule has 0 heterocycles. The van der Waals surface area contributed by atoms with Gasteiger partial charge in [-0.3, -0.25) is 0 Å². The Kier molecular flexibility index (Phi) is 5.66. The molecule has 15 heavy (non-hydrogen) atoms. The number of hydrogen-bond donors (Lipinski definition) is 2. The lowest BCUT2D eigenvalue weighted by molar-refractivity contribution is 0.158. The average Bonchev–Trinajstić information content (AvgIpc) is 2.13. The molecule has 86 valence electrons. The van der Waals surface area contributed by atoms with Crippen LogP contribution in [0.15, 0.2) is 0 Å². The molecule has 1 amide bonds. The third-order valence-corrected chi connectivity index (χ3v) is 2.38. The van der Waals surface area contributed by atoms with E-state index in [1.165, 1.54) is 0 Å². The van der Waals surface area contributed by atoms with Crippen LogP contribution in [0, 0.1) is 11.3 Å². The minimum atomic E-state index is -4.02. The SMILES string of the molecule is CCOC(=O)NS(=O)(=O)NC(C#N)CC. The number of nitrogens with one attached hydrogen (secondary N) is 2. The van der Waals surface area contributed by atoms with E-state index >= 15 is 0 Å². The van der Waals surface area contributed by atoms with Crippen molar-refractivity contribution in [3.05, 3.63) is 0 Å². The highest BCUT2D eigenvalue weighted by Crippen LogP contribution is 1.91. The molecule has 2 N–H and O–H groups in total. The van der Waals surface area contributed by atoms with Gasteiger partial charge in [0.25, 0.3) is 0 Å². The van der Waals surface area contributed by atoms with E-state index in [1.54, 1.807) is 24.6 Å². The first-order chi connectivity index (χ1) is 6.95. The Balaban J connectivity index is 4.32. The summed E-state index contributed by atoms with van der Waals surface area (Å²) >= 11 is 0. The Morgan fingerprint density at radius 3 is 2.53 bits per heavy atom. The molecule has 0 rings (SSSR count). The van der Waals surface area contributed by atoms with Crippen molar-refractivity contribution in [3.8, 4) is 6.07 Å². The molecule has 0 aromatic carbocycles. The fraction of sp³-hybridized carbons (Fsp3) is 0.714. The lowest BCUT2D eigenvalue weighted by atomic mass is 10.3. The van der Waals surface area contributed by atoms with Gasteiger partial charge in [-0.15, -0.1) is 0 Å². The highest BCUT2D eigenvalue weighted by atomic mass is 32.2. The molecule has 0 spiro atoms. The standard InChI is InChI=1S/C7H13N3O4S/c1-3-6(5-8)9-15(12,13)10-7(11)14-4-2/h6,9H,3-4H2,1-2H3,(H,10,11). The molecule has 0 saturated carbocycles. The van der Waals surface area contributed by atoms with Crippen molar-refractivity contribution < 1.29 is 17.9 Å². The first-order valence-corrected chi connectivity index (χ1v) is 5.80. The molecule has 8 heteroatoms. The molecule has 0 aliphatic heterocycles. The topological polar surface area (TPSA) is 108 Å². The summed E-state index contributed by atoms with van der Waals surface area (Å²) in [4.78, 5) is 10.8. The van der Waals surface area contributed by atoms with E-state index in [4.69, 9.17) is 5.26 Å². The van der Waals surface area contributed by atoms with Crippen LogP contribution in [-0.2, 0) is 14.9 Å². The van der Waals surface area contributed by atoms with Crippen LogP contribution in [0.3, 0.4) is 0 Å². The van der Waals surface area contributed by atoms with Crippen molar-refractivity contribution in [2.24, 2.45) is 0 Å². The third kappa shape index (κ3) is 5.87. The zero-order valence-corrected chi connectivity index (χ0v) is 9.30. The quantitative estimate of drug-likeness (QED) is 0.690. The van der Waals surface area contributed by atoms with Crippen LogP contribution >= 0.6 is 0 Å². The summed E-state index contributed by atoms with van der Waals surface area (Å²) in [6.45, 7) is 3.25. The molecule has 0 aromatic rings. The molecular weight excluding hydrogens is 222 g/mol. The van der Waals surface area contributed by atoms with Gasteiger partial charge in [0.2, 0.25) is 0 Å². The second-order valence-corrected chi connectivity index (χ2v) is 3.98. The lowest BCUT2D eigenvalue weighted by Crippen LogP contribution is -2.44. The van der Waals surface area contributed by atoms with E-state index in [2.05, 4.69) is 4.74 Å². The molecule has 0 aliphatic carbocycles.